The zero-order valence-electron chi connectivity index (χ0n) is 8.31. The predicted molar refractivity (Wildman–Crippen MR) is 56.6 cm³/mol. The van der Waals surface area contributed by atoms with Gasteiger partial charge in [-0.1, -0.05) is 0 Å². The first-order chi connectivity index (χ1) is 6.43. The van der Waals surface area contributed by atoms with E-state index in [0.29, 0.717) is 6.04 Å². The van der Waals surface area contributed by atoms with Crippen molar-refractivity contribution in [2.24, 2.45) is 0 Å². The van der Waals surface area contributed by atoms with Crippen molar-refractivity contribution in [3.8, 4) is 12.3 Å². The second-order valence-electron chi connectivity index (χ2n) is 3.66. The third kappa shape index (κ3) is 4.92. The van der Waals surface area contributed by atoms with Gasteiger partial charge in [-0.25, -0.2) is 0 Å². The van der Waals surface area contributed by atoms with Gasteiger partial charge < -0.3 is 10.6 Å². The highest BCUT2D eigenvalue weighted by atomic mass is 15.0. The maximum absolute atomic E-state index is 5.16. The zero-order chi connectivity index (χ0) is 9.36. The summed E-state index contributed by atoms with van der Waals surface area (Å²) in [5.41, 5.74) is 0. The summed E-state index contributed by atoms with van der Waals surface area (Å²) in [6.45, 7) is 3.43. The molecular weight excluding hydrogens is 160 g/mol. The van der Waals surface area contributed by atoms with E-state index >= 15 is 0 Å². The highest BCUT2D eigenvalue weighted by Crippen LogP contribution is 2.03. The molecule has 0 aliphatic carbocycles. The predicted octanol–water partition coefficient (Wildman–Crippen LogP) is 1.13. The molecule has 1 fully saturated rings. The summed E-state index contributed by atoms with van der Waals surface area (Å²) >= 11 is 0. The van der Waals surface area contributed by atoms with Crippen molar-refractivity contribution in [3.63, 3.8) is 0 Å². The van der Waals surface area contributed by atoms with Gasteiger partial charge in [-0.15, -0.1) is 12.3 Å². The van der Waals surface area contributed by atoms with Crippen LogP contribution in [-0.4, -0.2) is 25.7 Å². The normalized spacial score (nSPS) is 21.6. The van der Waals surface area contributed by atoms with Crippen molar-refractivity contribution in [3.05, 3.63) is 0 Å². The Kier molecular flexibility index (Phi) is 5.64. The maximum Gasteiger partial charge on any atom is 0.0192 e. The Bertz CT molecular complexity index is 154. The standard InChI is InChI=1S/C11H20N2/c1-2-3-4-5-8-12-10-11-7-6-9-13-11/h1,11-13H,3-10H2. The highest BCUT2D eigenvalue weighted by molar-refractivity contribution is 4.83. The lowest BCUT2D eigenvalue weighted by Crippen LogP contribution is -2.34. The van der Waals surface area contributed by atoms with Crippen molar-refractivity contribution < 1.29 is 0 Å². The van der Waals surface area contributed by atoms with Crippen molar-refractivity contribution in [2.75, 3.05) is 19.6 Å². The summed E-state index contributed by atoms with van der Waals surface area (Å²) < 4.78 is 0. The Labute approximate surface area is 81.5 Å². The lowest BCUT2D eigenvalue weighted by atomic mass is 10.2. The zero-order valence-corrected chi connectivity index (χ0v) is 8.31. The van der Waals surface area contributed by atoms with Gasteiger partial charge in [0.15, 0.2) is 0 Å². The molecule has 0 aromatic heterocycles. The van der Waals surface area contributed by atoms with Gasteiger partial charge in [0.1, 0.15) is 0 Å². The fourth-order valence-corrected chi connectivity index (χ4v) is 1.68. The molecule has 1 heterocycles. The second-order valence-corrected chi connectivity index (χ2v) is 3.66. The first-order valence-electron chi connectivity index (χ1n) is 5.31. The molecule has 74 valence electrons. The van der Waals surface area contributed by atoms with Gasteiger partial charge in [0.25, 0.3) is 0 Å². The number of terminal acetylenes is 1. The Morgan fingerprint density at radius 3 is 3.08 bits per heavy atom. The van der Waals surface area contributed by atoms with E-state index in [4.69, 9.17) is 6.42 Å². The Hall–Kier alpha value is -0.520. The molecule has 1 saturated heterocycles. The lowest BCUT2D eigenvalue weighted by Gasteiger charge is -2.10. The van der Waals surface area contributed by atoms with Gasteiger partial charge in [-0.3, -0.25) is 0 Å². The fourth-order valence-electron chi connectivity index (χ4n) is 1.68. The monoisotopic (exact) mass is 180 g/mol. The van der Waals surface area contributed by atoms with Crippen LogP contribution in [0.25, 0.3) is 0 Å². The van der Waals surface area contributed by atoms with Gasteiger partial charge in [0, 0.05) is 19.0 Å². The quantitative estimate of drug-likeness (QED) is 0.473. The van der Waals surface area contributed by atoms with E-state index in [1.54, 1.807) is 0 Å². The van der Waals surface area contributed by atoms with E-state index in [9.17, 15) is 0 Å². The molecule has 0 aromatic rings. The molecule has 0 saturated carbocycles. The van der Waals surface area contributed by atoms with Gasteiger partial charge in [-0.2, -0.15) is 0 Å². The summed E-state index contributed by atoms with van der Waals surface area (Å²) in [6, 6.07) is 0.715. The SMILES string of the molecule is C#CCCCCNCC1CCCN1. The average Bonchev–Trinajstić information content (AvgIpc) is 2.63. The molecule has 0 spiro atoms. The van der Waals surface area contributed by atoms with Gasteiger partial charge in [0.2, 0.25) is 0 Å². The fraction of sp³-hybridized carbons (Fsp3) is 0.818. The number of hydrogen-bond donors (Lipinski definition) is 2. The van der Waals surface area contributed by atoms with Crippen LogP contribution < -0.4 is 10.6 Å². The molecule has 0 amide bonds. The van der Waals surface area contributed by atoms with Crippen LogP contribution in [0.4, 0.5) is 0 Å². The van der Waals surface area contributed by atoms with Crippen molar-refractivity contribution in [1.82, 2.24) is 10.6 Å². The molecule has 1 atom stereocenters. The molecule has 0 radical (unpaired) electrons. The molecular formula is C11H20N2. The molecule has 1 aliphatic rings. The smallest absolute Gasteiger partial charge is 0.0192 e. The summed E-state index contributed by atoms with van der Waals surface area (Å²) in [5.74, 6) is 2.66. The van der Waals surface area contributed by atoms with E-state index in [1.807, 2.05) is 0 Å². The van der Waals surface area contributed by atoms with E-state index in [2.05, 4.69) is 16.6 Å². The first-order valence-corrected chi connectivity index (χ1v) is 5.31. The topological polar surface area (TPSA) is 24.1 Å². The van der Waals surface area contributed by atoms with Crippen LogP contribution in [0.2, 0.25) is 0 Å². The summed E-state index contributed by atoms with van der Waals surface area (Å²) in [5, 5.41) is 6.92. The van der Waals surface area contributed by atoms with Gasteiger partial charge in [0.05, 0.1) is 0 Å². The third-order valence-corrected chi connectivity index (χ3v) is 2.48. The van der Waals surface area contributed by atoms with Gasteiger partial charge in [-0.05, 0) is 38.8 Å². The van der Waals surface area contributed by atoms with Crippen LogP contribution in [-0.2, 0) is 0 Å². The van der Waals surface area contributed by atoms with Crippen molar-refractivity contribution in [2.45, 2.75) is 38.1 Å². The maximum atomic E-state index is 5.16. The van der Waals surface area contributed by atoms with Crippen molar-refractivity contribution >= 4 is 0 Å². The minimum absolute atomic E-state index is 0.715. The van der Waals surface area contributed by atoms with Crippen molar-refractivity contribution in [1.29, 1.82) is 0 Å². The number of unbranched alkanes of at least 4 members (excludes halogenated alkanes) is 2. The Morgan fingerprint density at radius 1 is 1.46 bits per heavy atom. The largest absolute Gasteiger partial charge is 0.315 e. The summed E-state index contributed by atoms with van der Waals surface area (Å²) in [4.78, 5) is 0. The molecule has 2 N–H and O–H groups in total. The van der Waals surface area contributed by atoms with E-state index in [1.165, 1.54) is 25.8 Å². The molecule has 1 aliphatic heterocycles. The van der Waals surface area contributed by atoms with Crippen LogP contribution >= 0.6 is 0 Å². The molecule has 1 rings (SSSR count). The van der Waals surface area contributed by atoms with Crippen LogP contribution in [0.15, 0.2) is 0 Å². The summed E-state index contributed by atoms with van der Waals surface area (Å²) in [7, 11) is 0. The molecule has 2 heteroatoms. The van der Waals surface area contributed by atoms with Gasteiger partial charge >= 0.3 is 0 Å². The van der Waals surface area contributed by atoms with E-state index in [-0.39, 0.29) is 0 Å². The molecule has 1 unspecified atom stereocenters. The minimum atomic E-state index is 0.715. The van der Waals surface area contributed by atoms with Crippen LogP contribution in [0.5, 0.6) is 0 Å². The van der Waals surface area contributed by atoms with Crippen LogP contribution in [0.3, 0.4) is 0 Å². The third-order valence-electron chi connectivity index (χ3n) is 2.48. The van der Waals surface area contributed by atoms with E-state index < -0.39 is 0 Å². The second kappa shape index (κ2) is 6.94. The lowest BCUT2D eigenvalue weighted by molar-refractivity contribution is 0.525. The highest BCUT2D eigenvalue weighted by Gasteiger charge is 2.12. The molecule has 0 aromatic carbocycles. The van der Waals surface area contributed by atoms with Crippen LogP contribution in [0.1, 0.15) is 32.1 Å². The minimum Gasteiger partial charge on any atom is -0.315 e. The Balaban J connectivity index is 1.81. The number of rotatable bonds is 6. The molecule has 0 bridgehead atoms. The van der Waals surface area contributed by atoms with E-state index in [0.717, 1.165) is 25.9 Å². The first kappa shape index (κ1) is 10.6. The number of hydrogen-bond acceptors (Lipinski definition) is 2. The molecule has 2 nitrogen and oxygen atoms in total. The Morgan fingerprint density at radius 2 is 2.38 bits per heavy atom. The molecule has 13 heavy (non-hydrogen) atoms. The number of nitrogens with one attached hydrogen (secondary N) is 2. The average molecular weight is 180 g/mol. The summed E-state index contributed by atoms with van der Waals surface area (Å²) in [6.07, 6.45) is 11.1. The van der Waals surface area contributed by atoms with Crippen LogP contribution in [0, 0.1) is 12.3 Å².